The van der Waals surface area contributed by atoms with Gasteiger partial charge in [-0.15, -0.1) is 0 Å². The first kappa shape index (κ1) is 31.4. The molecule has 0 saturated heterocycles. The highest BCUT2D eigenvalue weighted by molar-refractivity contribution is 8.29. The summed E-state index contributed by atoms with van der Waals surface area (Å²) in [6, 6.07) is 0. The van der Waals surface area contributed by atoms with Crippen LogP contribution < -0.4 is 0 Å². The third-order valence-electron chi connectivity index (χ3n) is 3.39. The fourth-order valence-electron chi connectivity index (χ4n) is 2.01. The quantitative estimate of drug-likeness (QED) is 0.103. The number of rotatable bonds is 7. The molecule has 0 unspecified atom stereocenters. The maximum Gasteiger partial charge on any atom is 0.673 e. The van der Waals surface area contributed by atoms with Crippen LogP contribution in [0.2, 0.25) is 0 Å². The Balaban J connectivity index is 0.00000118. The Hall–Kier alpha value is -2.63. The minimum absolute atomic E-state index is 0.181. The van der Waals surface area contributed by atoms with Gasteiger partial charge in [-0.05, 0) is 6.08 Å². The van der Waals surface area contributed by atoms with E-state index in [2.05, 4.69) is 0 Å². The van der Waals surface area contributed by atoms with Crippen molar-refractivity contribution in [2.75, 3.05) is 28.4 Å². The van der Waals surface area contributed by atoms with E-state index in [9.17, 15) is 36.4 Å². The Morgan fingerprint density at radius 1 is 0.750 bits per heavy atom. The van der Waals surface area contributed by atoms with Gasteiger partial charge in [0, 0.05) is 6.08 Å². The fourth-order valence-corrected chi connectivity index (χ4v) is 6.60. The number of carbonyl (C=O) groups is 4. The normalized spacial score (nSPS) is 13.4. The second kappa shape index (κ2) is 14.8. The summed E-state index contributed by atoms with van der Waals surface area (Å²) < 4.78 is 59.2. The molecule has 0 atom stereocenters. The van der Waals surface area contributed by atoms with Crippen molar-refractivity contribution in [1.82, 2.24) is 0 Å². The Morgan fingerprint density at radius 3 is 1.67 bits per heavy atom. The van der Waals surface area contributed by atoms with E-state index in [0.29, 0.717) is 8.43 Å². The van der Waals surface area contributed by atoms with E-state index < -0.39 is 31.1 Å². The molecule has 0 bridgehead atoms. The first-order valence-corrected chi connectivity index (χ1v) is 12.4. The summed E-state index contributed by atoms with van der Waals surface area (Å²) in [5.74, 6) is -2.42. The number of ether oxygens (including phenoxy) is 4. The zero-order valence-corrected chi connectivity index (χ0v) is 22.1. The lowest BCUT2D eigenvalue weighted by atomic mass is 10.3. The van der Waals surface area contributed by atoms with E-state index in [1.807, 2.05) is 0 Å². The van der Waals surface area contributed by atoms with Crippen molar-refractivity contribution < 1.29 is 55.4 Å². The van der Waals surface area contributed by atoms with Gasteiger partial charge in [-0.25, -0.2) is 19.2 Å². The molecular weight excluding hydrogens is 571 g/mol. The van der Waals surface area contributed by atoms with Crippen LogP contribution in [-0.4, -0.2) is 59.6 Å². The smallest absolute Gasteiger partial charge is 0.465 e. The summed E-state index contributed by atoms with van der Waals surface area (Å²) in [4.78, 5) is 48.1. The molecule has 1 aromatic rings. The van der Waals surface area contributed by atoms with Gasteiger partial charge in [0.25, 0.3) is 13.9 Å². The Kier molecular flexibility index (Phi) is 12.9. The molecule has 0 saturated carbocycles. The molecule has 8 nitrogen and oxygen atoms in total. The predicted octanol–water partition coefficient (Wildman–Crippen LogP) is 5.41. The van der Waals surface area contributed by atoms with E-state index in [1.165, 1.54) is 28.4 Å². The van der Waals surface area contributed by atoms with Crippen LogP contribution in [0.4, 0.5) is 17.3 Å². The third kappa shape index (κ3) is 10.2. The zero-order chi connectivity index (χ0) is 27.5. The molecule has 1 aliphatic heterocycles. The highest BCUT2D eigenvalue weighted by Gasteiger charge is 2.34. The lowest BCUT2D eigenvalue weighted by molar-refractivity contribution is -0.138. The fraction of sp³-hybridized carbons (Fsp3) is 0.211. The van der Waals surface area contributed by atoms with E-state index in [4.69, 9.17) is 18.9 Å². The van der Waals surface area contributed by atoms with Gasteiger partial charge in [-0.2, -0.15) is 0 Å². The van der Waals surface area contributed by atoms with E-state index in [-0.39, 0.29) is 19.6 Å². The summed E-state index contributed by atoms with van der Waals surface area (Å²) in [5.41, 5.74) is 0. The third-order valence-corrected chi connectivity index (χ3v) is 8.30. The van der Waals surface area contributed by atoms with Gasteiger partial charge in [0.1, 0.15) is 32.5 Å². The van der Waals surface area contributed by atoms with Gasteiger partial charge in [0.15, 0.2) is 0 Å². The number of carbonyl (C=O) groups excluding carboxylic acids is 4. The van der Waals surface area contributed by atoms with Crippen LogP contribution in [0.25, 0.3) is 6.08 Å². The van der Waals surface area contributed by atoms with Crippen LogP contribution in [0.1, 0.15) is 23.5 Å². The van der Waals surface area contributed by atoms with Crippen molar-refractivity contribution in [2.24, 2.45) is 0 Å². The lowest BCUT2D eigenvalue weighted by Gasteiger charge is -2.00. The number of halogens is 4. The zero-order valence-electron chi connectivity index (χ0n) is 18.9. The van der Waals surface area contributed by atoms with E-state index in [0.717, 1.165) is 46.2 Å². The Bertz CT molecular complexity index is 1060. The number of esters is 4. The molecule has 0 aliphatic carbocycles. The van der Waals surface area contributed by atoms with Gasteiger partial charge in [0.05, 0.1) is 32.7 Å². The van der Waals surface area contributed by atoms with Crippen molar-refractivity contribution in [1.29, 1.82) is 0 Å². The van der Waals surface area contributed by atoms with Gasteiger partial charge >= 0.3 is 31.1 Å². The molecule has 1 aliphatic rings. The number of allylic oxidation sites excluding steroid dienone is 4. The summed E-state index contributed by atoms with van der Waals surface area (Å²) in [6.45, 7) is 0. The molecule has 36 heavy (non-hydrogen) atoms. The summed E-state index contributed by atoms with van der Waals surface area (Å²) in [6.07, 6.45) is 8.64. The molecule has 0 amide bonds. The Labute approximate surface area is 219 Å². The van der Waals surface area contributed by atoms with Crippen molar-refractivity contribution in [3.8, 4) is 0 Å². The highest BCUT2D eigenvalue weighted by atomic mass is 32.2. The monoisotopic (exact) mass is 588 g/mol. The van der Waals surface area contributed by atoms with Crippen molar-refractivity contribution >= 4 is 83.4 Å². The second-order valence-electron chi connectivity index (χ2n) is 5.73. The molecule has 1 aromatic heterocycles. The largest absolute Gasteiger partial charge is 0.673 e. The van der Waals surface area contributed by atoms with Crippen LogP contribution in [-0.2, 0) is 28.5 Å². The average molecular weight is 588 g/mol. The van der Waals surface area contributed by atoms with Crippen LogP contribution >= 0.6 is 46.2 Å². The van der Waals surface area contributed by atoms with Crippen molar-refractivity contribution in [3.05, 3.63) is 52.3 Å². The summed E-state index contributed by atoms with van der Waals surface area (Å²) in [7, 11) is -1.04. The number of thioether (sulfide) groups is 2. The molecule has 0 aromatic carbocycles. The van der Waals surface area contributed by atoms with Crippen molar-refractivity contribution in [3.63, 3.8) is 0 Å². The Morgan fingerprint density at radius 2 is 1.22 bits per heavy atom. The molecule has 0 spiro atoms. The van der Waals surface area contributed by atoms with E-state index in [1.54, 1.807) is 30.4 Å². The first-order valence-electron chi connectivity index (χ1n) is 9.18. The molecule has 0 N–H and O–H groups in total. The van der Waals surface area contributed by atoms with Gasteiger partial charge in [0.2, 0.25) is 0 Å². The minimum atomic E-state index is -6.00. The molecular formula is C19H17BF4O8S4. The maximum absolute atomic E-state index is 11.9. The topological polar surface area (TPSA) is 105 Å². The number of hydrogen-bond donors (Lipinski definition) is 0. The van der Waals surface area contributed by atoms with Crippen LogP contribution in [0.5, 0.6) is 0 Å². The van der Waals surface area contributed by atoms with Crippen LogP contribution in [0.3, 0.4) is 0 Å². The number of methoxy groups -OCH3 is 4. The lowest BCUT2D eigenvalue weighted by Crippen LogP contribution is -2.08. The maximum atomic E-state index is 11.9. The standard InChI is InChI=1S/C19H17O8S4.BF4/c1-24-16(20)12-13(17(21)25-2)29-10(28-12)8-6-5-7-9-11-30-14(18(22)26-3)15(31-11)19(23)27-4;2-1(3,4)5/h5-9H,1-4H3;/q+1;-1. The highest BCUT2D eigenvalue weighted by Crippen LogP contribution is 2.49. The molecule has 0 radical (unpaired) electrons. The summed E-state index contributed by atoms with van der Waals surface area (Å²) >= 11 is 4.48. The van der Waals surface area contributed by atoms with Gasteiger partial charge in [-0.3, -0.25) is 0 Å². The number of hydrogen-bond acceptors (Lipinski definition) is 11. The minimum Gasteiger partial charge on any atom is -0.465 e. The molecule has 0 fully saturated rings. The molecule has 196 valence electrons. The predicted molar refractivity (Wildman–Crippen MR) is 132 cm³/mol. The summed E-state index contributed by atoms with van der Waals surface area (Å²) in [5, 5.41) is 0. The van der Waals surface area contributed by atoms with Crippen LogP contribution in [0.15, 0.2) is 38.4 Å². The molecule has 2 rings (SSSR count). The van der Waals surface area contributed by atoms with Gasteiger partial charge < -0.3 is 36.2 Å². The first-order chi connectivity index (χ1) is 16.9. The SMILES string of the molecule is COC(=O)C1=C(C(=O)OC)SC(=C/C=C/C=C/c2sc(C(=O)OC)c(C(=O)OC)[s+]2)S1.F[B-](F)(F)F. The van der Waals surface area contributed by atoms with E-state index >= 15 is 0 Å². The van der Waals surface area contributed by atoms with Gasteiger partial charge in [-0.1, -0.05) is 41.8 Å². The average Bonchev–Trinajstić information content (AvgIpc) is 3.45. The molecule has 17 heteroatoms. The molecule has 2 heterocycles. The second-order valence-corrected chi connectivity index (χ2v) is 10.5. The van der Waals surface area contributed by atoms with Crippen LogP contribution in [0, 0.1) is 0 Å². The van der Waals surface area contributed by atoms with Crippen molar-refractivity contribution in [2.45, 2.75) is 0 Å².